The predicted octanol–water partition coefficient (Wildman–Crippen LogP) is 2.90. The molecule has 1 aromatic carbocycles. The number of esters is 1. The maximum Gasteiger partial charge on any atom is 0.341 e. The lowest BCUT2D eigenvalue weighted by atomic mass is 10.2. The van der Waals surface area contributed by atoms with Gasteiger partial charge in [-0.1, -0.05) is 0 Å². The molecule has 0 bridgehead atoms. The number of hydrogen-bond donors (Lipinski definition) is 0. The van der Waals surface area contributed by atoms with Gasteiger partial charge in [-0.3, -0.25) is 0 Å². The number of nitrogens with zero attached hydrogens (tertiary/aromatic N) is 3. The second-order valence-electron chi connectivity index (χ2n) is 4.31. The van der Waals surface area contributed by atoms with E-state index in [2.05, 4.69) is 11.1 Å². The Morgan fingerprint density at radius 1 is 1.33 bits per heavy atom. The van der Waals surface area contributed by atoms with Gasteiger partial charge in [0.25, 0.3) is 0 Å². The molecule has 0 amide bonds. The molecule has 0 radical (unpaired) electrons. The molecular weight excluding hydrogens is 266 g/mol. The molecule has 0 spiro atoms. The molecule has 2 rings (SSSR count). The summed E-state index contributed by atoms with van der Waals surface area (Å²) in [4.78, 5) is 18.0. The third-order valence-electron chi connectivity index (χ3n) is 2.98. The lowest BCUT2D eigenvalue weighted by Crippen LogP contribution is -2.17. The molecule has 1 heterocycles. The summed E-state index contributed by atoms with van der Waals surface area (Å²) in [5, 5.41) is 8.82. The van der Waals surface area contributed by atoms with Gasteiger partial charge in [0, 0.05) is 18.9 Å². The van der Waals surface area contributed by atoms with Crippen molar-refractivity contribution in [1.29, 1.82) is 5.26 Å². The maximum atomic E-state index is 12.0. The molecule has 5 nitrogen and oxygen atoms in total. The highest BCUT2D eigenvalue weighted by atomic mass is 16.5. The van der Waals surface area contributed by atoms with Crippen LogP contribution in [0.4, 0.5) is 11.5 Å². The zero-order valence-electron chi connectivity index (χ0n) is 11.9. The van der Waals surface area contributed by atoms with Gasteiger partial charge in [0.15, 0.2) is 0 Å². The van der Waals surface area contributed by atoms with Gasteiger partial charge < -0.3 is 9.64 Å². The first-order chi connectivity index (χ1) is 10.2. The summed E-state index contributed by atoms with van der Waals surface area (Å²) >= 11 is 0. The van der Waals surface area contributed by atoms with Crippen LogP contribution in [-0.4, -0.2) is 24.6 Å². The van der Waals surface area contributed by atoms with Crippen LogP contribution in [-0.2, 0) is 4.74 Å². The molecular formula is C16H15N3O2. The summed E-state index contributed by atoms with van der Waals surface area (Å²) in [6.07, 6.45) is 1.62. The zero-order valence-corrected chi connectivity index (χ0v) is 11.9. The minimum Gasteiger partial charge on any atom is -0.462 e. The zero-order chi connectivity index (χ0) is 15.2. The van der Waals surface area contributed by atoms with Gasteiger partial charge in [0.2, 0.25) is 0 Å². The second-order valence-corrected chi connectivity index (χ2v) is 4.31. The Kier molecular flexibility index (Phi) is 4.52. The lowest BCUT2D eigenvalue weighted by molar-refractivity contribution is 0.0527. The molecule has 21 heavy (non-hydrogen) atoms. The van der Waals surface area contributed by atoms with Crippen LogP contribution in [0.15, 0.2) is 42.6 Å². The number of aromatic nitrogens is 1. The number of carbonyl (C=O) groups is 1. The first-order valence-electron chi connectivity index (χ1n) is 6.53. The van der Waals surface area contributed by atoms with E-state index in [1.165, 1.54) is 0 Å². The van der Waals surface area contributed by atoms with E-state index in [0.29, 0.717) is 23.6 Å². The Morgan fingerprint density at radius 3 is 2.67 bits per heavy atom. The van der Waals surface area contributed by atoms with E-state index in [4.69, 9.17) is 10.00 Å². The van der Waals surface area contributed by atoms with Gasteiger partial charge in [0.1, 0.15) is 11.4 Å². The Balaban J connectivity index is 2.36. The first-order valence-corrected chi connectivity index (χ1v) is 6.53. The largest absolute Gasteiger partial charge is 0.462 e. The van der Waals surface area contributed by atoms with Crippen molar-refractivity contribution >= 4 is 17.5 Å². The summed E-state index contributed by atoms with van der Waals surface area (Å²) in [5.41, 5.74) is 1.82. The molecule has 0 aliphatic rings. The average molecular weight is 281 g/mol. The van der Waals surface area contributed by atoms with Crippen molar-refractivity contribution in [1.82, 2.24) is 4.98 Å². The van der Waals surface area contributed by atoms with Crippen LogP contribution in [0, 0.1) is 11.3 Å². The van der Waals surface area contributed by atoms with E-state index in [9.17, 15) is 4.79 Å². The fourth-order valence-electron chi connectivity index (χ4n) is 1.91. The molecule has 0 fully saturated rings. The maximum absolute atomic E-state index is 12.0. The van der Waals surface area contributed by atoms with Gasteiger partial charge >= 0.3 is 5.97 Å². The smallest absolute Gasteiger partial charge is 0.341 e. The summed E-state index contributed by atoms with van der Waals surface area (Å²) < 4.78 is 5.04. The van der Waals surface area contributed by atoms with Crippen LogP contribution in [0.25, 0.3) is 0 Å². The number of rotatable bonds is 4. The van der Waals surface area contributed by atoms with E-state index >= 15 is 0 Å². The predicted molar refractivity (Wildman–Crippen MR) is 79.4 cm³/mol. The monoisotopic (exact) mass is 281 g/mol. The highest BCUT2D eigenvalue weighted by Crippen LogP contribution is 2.25. The number of nitriles is 1. The molecule has 0 saturated heterocycles. The van der Waals surface area contributed by atoms with E-state index in [1.807, 2.05) is 19.2 Å². The number of hydrogen-bond acceptors (Lipinski definition) is 5. The van der Waals surface area contributed by atoms with E-state index < -0.39 is 5.97 Å². The van der Waals surface area contributed by atoms with Gasteiger partial charge in [-0.05, 0) is 43.3 Å². The van der Waals surface area contributed by atoms with Crippen LogP contribution in [0.3, 0.4) is 0 Å². The number of carbonyl (C=O) groups excluding carboxylic acids is 1. The SMILES string of the molecule is CCOC(=O)c1cccnc1N(C)c1ccc(C#N)cc1. The van der Waals surface area contributed by atoms with Crippen molar-refractivity contribution < 1.29 is 9.53 Å². The molecule has 106 valence electrons. The van der Waals surface area contributed by atoms with Crippen LogP contribution >= 0.6 is 0 Å². The number of ether oxygens (including phenoxy) is 1. The Hall–Kier alpha value is -2.87. The van der Waals surface area contributed by atoms with Gasteiger partial charge in [-0.25, -0.2) is 9.78 Å². The van der Waals surface area contributed by atoms with Crippen molar-refractivity contribution in [3.63, 3.8) is 0 Å². The molecule has 2 aromatic rings. The molecule has 0 saturated carbocycles. The van der Waals surface area contributed by atoms with Crippen LogP contribution < -0.4 is 4.90 Å². The van der Waals surface area contributed by atoms with Crippen LogP contribution in [0.1, 0.15) is 22.8 Å². The van der Waals surface area contributed by atoms with Crippen molar-refractivity contribution in [2.24, 2.45) is 0 Å². The van der Waals surface area contributed by atoms with Crippen molar-refractivity contribution in [2.75, 3.05) is 18.6 Å². The standard InChI is InChI=1S/C16H15N3O2/c1-3-21-16(20)14-5-4-10-18-15(14)19(2)13-8-6-12(11-17)7-9-13/h4-10H,3H2,1-2H3. The third kappa shape index (κ3) is 3.18. The highest BCUT2D eigenvalue weighted by molar-refractivity contribution is 5.95. The van der Waals surface area contributed by atoms with E-state index in [1.54, 1.807) is 42.3 Å². The second kappa shape index (κ2) is 6.53. The topological polar surface area (TPSA) is 66.2 Å². The fourth-order valence-corrected chi connectivity index (χ4v) is 1.91. The van der Waals surface area contributed by atoms with E-state index in [-0.39, 0.29) is 0 Å². The van der Waals surface area contributed by atoms with Gasteiger partial charge in [0.05, 0.1) is 18.2 Å². The van der Waals surface area contributed by atoms with Crippen LogP contribution in [0.2, 0.25) is 0 Å². The molecule has 0 unspecified atom stereocenters. The van der Waals surface area contributed by atoms with Crippen molar-refractivity contribution in [2.45, 2.75) is 6.92 Å². The summed E-state index contributed by atoms with van der Waals surface area (Å²) in [6, 6.07) is 12.5. The lowest BCUT2D eigenvalue weighted by Gasteiger charge is -2.20. The summed E-state index contributed by atoms with van der Waals surface area (Å²) in [5.74, 6) is 0.113. The minimum atomic E-state index is -0.402. The molecule has 0 N–H and O–H groups in total. The Bertz CT molecular complexity index is 675. The summed E-state index contributed by atoms with van der Waals surface area (Å²) in [6.45, 7) is 2.08. The molecule has 0 atom stereocenters. The first kappa shape index (κ1) is 14.5. The normalized spacial score (nSPS) is 9.76. The van der Waals surface area contributed by atoms with Gasteiger partial charge in [-0.2, -0.15) is 5.26 Å². The number of benzene rings is 1. The van der Waals surface area contributed by atoms with Crippen LogP contribution in [0.5, 0.6) is 0 Å². The highest BCUT2D eigenvalue weighted by Gasteiger charge is 2.17. The average Bonchev–Trinajstić information content (AvgIpc) is 2.54. The van der Waals surface area contributed by atoms with E-state index in [0.717, 1.165) is 5.69 Å². The molecule has 0 aliphatic heterocycles. The van der Waals surface area contributed by atoms with Crippen molar-refractivity contribution in [3.05, 3.63) is 53.7 Å². The van der Waals surface area contributed by atoms with Gasteiger partial charge in [-0.15, -0.1) is 0 Å². The number of pyridine rings is 1. The fraction of sp³-hybridized carbons (Fsp3) is 0.188. The summed E-state index contributed by atoms with van der Waals surface area (Å²) in [7, 11) is 1.81. The number of anilines is 2. The Morgan fingerprint density at radius 2 is 2.05 bits per heavy atom. The molecule has 0 aliphatic carbocycles. The third-order valence-corrected chi connectivity index (χ3v) is 2.98. The Labute approximate surface area is 123 Å². The van der Waals surface area contributed by atoms with Crippen molar-refractivity contribution in [3.8, 4) is 6.07 Å². The molecule has 1 aromatic heterocycles. The quantitative estimate of drug-likeness (QED) is 0.806. The minimum absolute atomic E-state index is 0.313. The molecule has 5 heteroatoms.